The van der Waals surface area contributed by atoms with Crippen LogP contribution >= 0.6 is 11.6 Å². The molecule has 4 nitrogen and oxygen atoms in total. The van der Waals surface area contributed by atoms with Gasteiger partial charge in [0.15, 0.2) is 10.8 Å². The molecule has 0 bridgehead atoms. The highest BCUT2D eigenvalue weighted by Gasteiger charge is 2.32. The highest BCUT2D eigenvalue weighted by molar-refractivity contribution is 6.29. The van der Waals surface area contributed by atoms with E-state index in [0.717, 1.165) is 6.07 Å². The summed E-state index contributed by atoms with van der Waals surface area (Å²) < 4.78 is 38.4. The van der Waals surface area contributed by atoms with Crippen molar-refractivity contribution in [3.05, 3.63) is 52.3 Å². The first-order valence-corrected chi connectivity index (χ1v) is 6.13. The topological polar surface area (TPSA) is 54.9 Å². The Morgan fingerprint density at radius 3 is 2.48 bits per heavy atom. The van der Waals surface area contributed by atoms with Crippen LogP contribution in [0.3, 0.4) is 0 Å². The van der Waals surface area contributed by atoms with Gasteiger partial charge in [-0.15, -0.1) is 10.2 Å². The molecule has 0 spiro atoms. The molecule has 21 heavy (non-hydrogen) atoms. The maximum atomic E-state index is 12.8. The van der Waals surface area contributed by atoms with Crippen LogP contribution in [0, 0.1) is 6.92 Å². The lowest BCUT2D eigenvalue weighted by Gasteiger charge is -2.12. The Hall–Kier alpha value is -2.15. The van der Waals surface area contributed by atoms with Crippen LogP contribution in [0.5, 0.6) is 0 Å². The van der Waals surface area contributed by atoms with Crippen molar-refractivity contribution in [2.45, 2.75) is 13.1 Å². The number of nitrogens with zero attached hydrogens (tertiary/aromatic N) is 2. The number of nitrogens with one attached hydrogen (secondary N) is 1. The Balaban J connectivity index is 2.24. The molecule has 0 aliphatic carbocycles. The SMILES string of the molecule is Cc1ccc(NC(=O)c2ccc(Cl)nn2)cc1C(F)(F)F. The minimum atomic E-state index is -4.48. The lowest BCUT2D eigenvalue weighted by atomic mass is 10.1. The van der Waals surface area contributed by atoms with Gasteiger partial charge in [0.05, 0.1) is 5.56 Å². The second-order valence-electron chi connectivity index (χ2n) is 4.22. The summed E-state index contributed by atoms with van der Waals surface area (Å²) >= 11 is 5.53. The van der Waals surface area contributed by atoms with Crippen molar-refractivity contribution in [1.82, 2.24) is 10.2 Å². The number of aromatic nitrogens is 2. The zero-order valence-corrected chi connectivity index (χ0v) is 11.5. The van der Waals surface area contributed by atoms with Gasteiger partial charge in [0.1, 0.15) is 0 Å². The number of halogens is 4. The summed E-state index contributed by atoms with van der Waals surface area (Å²) in [6.45, 7) is 1.35. The largest absolute Gasteiger partial charge is 0.416 e. The van der Waals surface area contributed by atoms with Gasteiger partial charge in [0.2, 0.25) is 0 Å². The van der Waals surface area contributed by atoms with E-state index in [1.54, 1.807) is 0 Å². The lowest BCUT2D eigenvalue weighted by Crippen LogP contribution is -2.15. The number of aryl methyl sites for hydroxylation is 1. The number of rotatable bonds is 2. The van der Waals surface area contributed by atoms with Gasteiger partial charge in [-0.2, -0.15) is 13.2 Å². The fourth-order valence-corrected chi connectivity index (χ4v) is 1.74. The summed E-state index contributed by atoms with van der Waals surface area (Å²) in [5.74, 6) is -0.670. The summed E-state index contributed by atoms with van der Waals surface area (Å²) in [7, 11) is 0. The van der Waals surface area contributed by atoms with E-state index >= 15 is 0 Å². The van der Waals surface area contributed by atoms with Crippen LogP contribution in [0.1, 0.15) is 21.6 Å². The van der Waals surface area contributed by atoms with Crippen molar-refractivity contribution < 1.29 is 18.0 Å². The van der Waals surface area contributed by atoms with Crippen molar-refractivity contribution in [1.29, 1.82) is 0 Å². The van der Waals surface area contributed by atoms with Gasteiger partial charge < -0.3 is 5.32 Å². The zero-order chi connectivity index (χ0) is 15.6. The fraction of sp³-hybridized carbons (Fsp3) is 0.154. The molecule has 2 rings (SSSR count). The Morgan fingerprint density at radius 1 is 1.19 bits per heavy atom. The van der Waals surface area contributed by atoms with E-state index in [-0.39, 0.29) is 22.1 Å². The van der Waals surface area contributed by atoms with Crippen LogP contribution in [-0.4, -0.2) is 16.1 Å². The van der Waals surface area contributed by atoms with E-state index in [2.05, 4.69) is 15.5 Å². The summed E-state index contributed by atoms with van der Waals surface area (Å²) in [6.07, 6.45) is -4.48. The summed E-state index contributed by atoms with van der Waals surface area (Å²) in [4.78, 5) is 11.8. The molecule has 1 amide bonds. The molecule has 0 aliphatic rings. The second-order valence-corrected chi connectivity index (χ2v) is 4.61. The molecular formula is C13H9ClF3N3O. The van der Waals surface area contributed by atoms with Crippen LogP contribution in [0.25, 0.3) is 0 Å². The maximum Gasteiger partial charge on any atom is 0.416 e. The second kappa shape index (κ2) is 5.69. The Bertz CT molecular complexity index is 671. The predicted octanol–water partition coefficient (Wildman–Crippen LogP) is 3.71. The van der Waals surface area contributed by atoms with Crippen molar-refractivity contribution in [2.24, 2.45) is 0 Å². The molecular weight excluding hydrogens is 307 g/mol. The average Bonchev–Trinajstić information content (AvgIpc) is 2.40. The van der Waals surface area contributed by atoms with Crippen molar-refractivity contribution in [3.63, 3.8) is 0 Å². The molecule has 0 radical (unpaired) electrons. The Morgan fingerprint density at radius 2 is 1.90 bits per heavy atom. The third-order valence-electron chi connectivity index (χ3n) is 2.67. The molecule has 1 aromatic carbocycles. The van der Waals surface area contributed by atoms with Gasteiger partial charge in [0, 0.05) is 5.69 Å². The van der Waals surface area contributed by atoms with E-state index in [4.69, 9.17) is 11.6 Å². The highest BCUT2D eigenvalue weighted by atomic mass is 35.5. The smallest absolute Gasteiger partial charge is 0.321 e. The average molecular weight is 316 g/mol. The number of anilines is 1. The number of benzene rings is 1. The molecule has 1 aromatic heterocycles. The molecule has 1 heterocycles. The van der Waals surface area contributed by atoms with Crippen molar-refractivity contribution >= 4 is 23.2 Å². The van der Waals surface area contributed by atoms with Gasteiger partial charge >= 0.3 is 6.18 Å². The molecule has 0 fully saturated rings. The molecule has 0 unspecified atom stereocenters. The molecule has 110 valence electrons. The Labute approximate surface area is 123 Å². The van der Waals surface area contributed by atoms with E-state index in [1.807, 2.05) is 0 Å². The zero-order valence-electron chi connectivity index (χ0n) is 10.7. The minimum Gasteiger partial charge on any atom is -0.321 e. The first-order chi connectivity index (χ1) is 9.77. The first kappa shape index (κ1) is 15.2. The normalized spacial score (nSPS) is 11.3. The first-order valence-electron chi connectivity index (χ1n) is 5.76. The van der Waals surface area contributed by atoms with Crippen molar-refractivity contribution in [3.8, 4) is 0 Å². The molecule has 0 saturated carbocycles. The standard InChI is InChI=1S/C13H9ClF3N3O/c1-7-2-3-8(6-9(7)13(15,16)17)18-12(21)10-4-5-11(14)20-19-10/h2-6H,1H3,(H,18,21). The molecule has 0 saturated heterocycles. The van der Waals surface area contributed by atoms with Crippen LogP contribution in [0.2, 0.25) is 5.15 Å². The van der Waals surface area contributed by atoms with Gasteiger partial charge in [-0.05, 0) is 36.8 Å². The van der Waals surface area contributed by atoms with Gasteiger partial charge in [-0.1, -0.05) is 17.7 Å². The number of amides is 1. The molecule has 8 heteroatoms. The summed E-state index contributed by atoms with van der Waals surface area (Å²) in [5.41, 5.74) is -0.752. The molecule has 2 aromatic rings. The molecule has 0 atom stereocenters. The predicted molar refractivity (Wildman–Crippen MR) is 71.2 cm³/mol. The maximum absolute atomic E-state index is 12.8. The number of alkyl halides is 3. The van der Waals surface area contributed by atoms with Gasteiger partial charge in [-0.25, -0.2) is 0 Å². The fourth-order valence-electron chi connectivity index (χ4n) is 1.64. The van der Waals surface area contributed by atoms with E-state index < -0.39 is 17.6 Å². The summed E-state index contributed by atoms with van der Waals surface area (Å²) in [5, 5.41) is 9.48. The third-order valence-corrected chi connectivity index (χ3v) is 2.87. The van der Waals surface area contributed by atoms with E-state index in [1.165, 1.54) is 31.2 Å². The minimum absolute atomic E-state index is 0.0228. The third kappa shape index (κ3) is 3.69. The summed E-state index contributed by atoms with van der Waals surface area (Å²) in [6, 6.07) is 6.22. The number of carbonyl (C=O) groups excluding carboxylic acids is 1. The number of hydrogen-bond donors (Lipinski definition) is 1. The van der Waals surface area contributed by atoms with Gasteiger partial charge in [-0.3, -0.25) is 4.79 Å². The number of carbonyl (C=O) groups is 1. The quantitative estimate of drug-likeness (QED) is 0.919. The highest BCUT2D eigenvalue weighted by Crippen LogP contribution is 2.33. The number of hydrogen-bond acceptors (Lipinski definition) is 3. The van der Waals surface area contributed by atoms with Crippen LogP contribution < -0.4 is 5.32 Å². The van der Waals surface area contributed by atoms with Crippen LogP contribution in [0.15, 0.2) is 30.3 Å². The van der Waals surface area contributed by atoms with Crippen LogP contribution in [0.4, 0.5) is 18.9 Å². The molecule has 1 N–H and O–H groups in total. The van der Waals surface area contributed by atoms with Gasteiger partial charge in [0.25, 0.3) is 5.91 Å². The van der Waals surface area contributed by atoms with E-state index in [0.29, 0.717) is 0 Å². The van der Waals surface area contributed by atoms with E-state index in [9.17, 15) is 18.0 Å². The van der Waals surface area contributed by atoms with Crippen LogP contribution in [-0.2, 0) is 6.18 Å². The monoisotopic (exact) mass is 315 g/mol. The molecule has 0 aliphatic heterocycles. The lowest BCUT2D eigenvalue weighted by molar-refractivity contribution is -0.138. The van der Waals surface area contributed by atoms with Crippen molar-refractivity contribution in [2.75, 3.05) is 5.32 Å². The Kier molecular flexibility index (Phi) is 4.13.